The Labute approximate surface area is 112 Å². The van der Waals surface area contributed by atoms with Crippen LogP contribution in [0.25, 0.3) is 0 Å². The van der Waals surface area contributed by atoms with E-state index in [0.717, 1.165) is 23.1 Å². The molecule has 2 rings (SSSR count). The minimum atomic E-state index is -0.587. The molecule has 19 heavy (non-hydrogen) atoms. The first-order chi connectivity index (χ1) is 9.06. The number of hydrogen-bond acceptors (Lipinski definition) is 4. The molecule has 1 aromatic carbocycles. The average Bonchev–Trinajstić information content (AvgIpc) is 2.79. The Hall–Kier alpha value is -1.84. The summed E-state index contributed by atoms with van der Waals surface area (Å²) in [4.78, 5) is 23.5. The van der Waals surface area contributed by atoms with Crippen LogP contribution < -0.4 is 4.74 Å². The lowest BCUT2D eigenvalue weighted by atomic mass is 9.97. The van der Waals surface area contributed by atoms with Crippen LogP contribution in [0.5, 0.6) is 5.75 Å². The number of esters is 1. The van der Waals surface area contributed by atoms with Crippen LogP contribution in [-0.4, -0.2) is 25.0 Å². The molecule has 0 saturated heterocycles. The second-order valence-electron chi connectivity index (χ2n) is 4.78. The van der Waals surface area contributed by atoms with E-state index < -0.39 is 6.10 Å². The van der Waals surface area contributed by atoms with Crippen molar-refractivity contribution in [3.63, 3.8) is 0 Å². The van der Waals surface area contributed by atoms with E-state index in [9.17, 15) is 9.59 Å². The van der Waals surface area contributed by atoms with Crippen LogP contribution in [0.1, 0.15) is 41.3 Å². The highest BCUT2D eigenvalue weighted by Crippen LogP contribution is 2.32. The van der Waals surface area contributed by atoms with Crippen molar-refractivity contribution in [3.8, 4) is 5.75 Å². The van der Waals surface area contributed by atoms with Gasteiger partial charge in [0, 0.05) is 18.4 Å². The molecule has 0 amide bonds. The molecule has 1 atom stereocenters. The first-order valence-electron chi connectivity index (χ1n) is 6.48. The van der Waals surface area contributed by atoms with Gasteiger partial charge in [0.2, 0.25) is 0 Å². The van der Waals surface area contributed by atoms with Crippen molar-refractivity contribution in [2.24, 2.45) is 0 Å². The number of ether oxygens (including phenoxy) is 2. The number of carbonyl (C=O) groups excluding carboxylic acids is 2. The van der Waals surface area contributed by atoms with Crippen molar-refractivity contribution in [1.29, 1.82) is 0 Å². The predicted molar refractivity (Wildman–Crippen MR) is 70.6 cm³/mol. The van der Waals surface area contributed by atoms with Crippen LogP contribution >= 0.6 is 0 Å². The van der Waals surface area contributed by atoms with Crippen molar-refractivity contribution in [1.82, 2.24) is 0 Å². The summed E-state index contributed by atoms with van der Waals surface area (Å²) in [7, 11) is 1.34. The Bertz CT molecular complexity index is 519. The normalized spacial score (nSPS) is 16.7. The van der Waals surface area contributed by atoms with E-state index in [-0.39, 0.29) is 11.8 Å². The number of carbonyl (C=O) groups is 2. The highest BCUT2D eigenvalue weighted by molar-refractivity contribution is 5.98. The van der Waals surface area contributed by atoms with Crippen LogP contribution in [0.4, 0.5) is 0 Å². The first-order valence-corrected chi connectivity index (χ1v) is 6.48. The van der Waals surface area contributed by atoms with Gasteiger partial charge in [-0.05, 0) is 36.6 Å². The molecule has 1 aliphatic rings. The second-order valence-corrected chi connectivity index (χ2v) is 4.78. The number of rotatable bonds is 4. The average molecular weight is 262 g/mol. The Morgan fingerprint density at radius 3 is 2.79 bits per heavy atom. The Kier molecular flexibility index (Phi) is 3.88. The van der Waals surface area contributed by atoms with Gasteiger partial charge in [0.25, 0.3) is 0 Å². The van der Waals surface area contributed by atoms with Gasteiger partial charge in [0.1, 0.15) is 5.75 Å². The smallest absolute Gasteiger partial charge is 0.347 e. The molecule has 0 spiro atoms. The lowest BCUT2D eigenvalue weighted by Gasteiger charge is -2.08. The largest absolute Gasteiger partial charge is 0.478 e. The van der Waals surface area contributed by atoms with Crippen LogP contribution in [0.3, 0.4) is 0 Å². The number of benzene rings is 1. The highest BCUT2D eigenvalue weighted by atomic mass is 16.6. The fraction of sp³-hybridized carbons (Fsp3) is 0.467. The third kappa shape index (κ3) is 2.62. The molecule has 0 aliphatic carbocycles. The van der Waals surface area contributed by atoms with Crippen molar-refractivity contribution >= 4 is 11.8 Å². The van der Waals surface area contributed by atoms with Crippen LogP contribution in [0, 0.1) is 6.92 Å². The quantitative estimate of drug-likeness (QED) is 0.618. The van der Waals surface area contributed by atoms with E-state index in [1.54, 1.807) is 0 Å². The topological polar surface area (TPSA) is 52.6 Å². The maximum Gasteiger partial charge on any atom is 0.347 e. The summed E-state index contributed by atoms with van der Waals surface area (Å²) in [6.07, 6.45) is 1.25. The minimum Gasteiger partial charge on any atom is -0.478 e. The standard InChI is InChI=1S/C15H18O4/c1-4-5-12(16)11-7-10-8-14(15(17)18-3)19-13(10)6-9(11)2/h6-7,14H,4-5,8H2,1-3H3. The molecule has 1 unspecified atom stereocenters. The van der Waals surface area contributed by atoms with Crippen molar-refractivity contribution in [2.75, 3.05) is 7.11 Å². The Morgan fingerprint density at radius 2 is 2.16 bits per heavy atom. The SMILES string of the molecule is CCCC(=O)c1cc2c(cc1C)OC(C(=O)OC)C2. The highest BCUT2D eigenvalue weighted by Gasteiger charge is 2.31. The number of aryl methyl sites for hydroxylation is 1. The van der Waals surface area contributed by atoms with Gasteiger partial charge < -0.3 is 9.47 Å². The molecule has 0 aromatic heterocycles. The molecule has 1 aliphatic heterocycles. The number of fused-ring (bicyclic) bond motifs is 1. The summed E-state index contributed by atoms with van der Waals surface area (Å²) in [6.45, 7) is 3.87. The van der Waals surface area contributed by atoms with E-state index in [1.807, 2.05) is 26.0 Å². The van der Waals surface area contributed by atoms with Crippen molar-refractivity contribution in [2.45, 2.75) is 39.2 Å². The minimum absolute atomic E-state index is 0.143. The van der Waals surface area contributed by atoms with Crippen LogP contribution in [-0.2, 0) is 16.0 Å². The van der Waals surface area contributed by atoms with E-state index in [0.29, 0.717) is 18.6 Å². The summed E-state index contributed by atoms with van der Waals surface area (Å²) in [6, 6.07) is 3.69. The van der Waals surface area contributed by atoms with Crippen LogP contribution in [0.15, 0.2) is 12.1 Å². The molecule has 0 saturated carbocycles. The molecular weight excluding hydrogens is 244 g/mol. The number of Topliss-reactive ketones (excluding diaryl/α,β-unsaturated/α-hetero) is 1. The van der Waals surface area contributed by atoms with Gasteiger partial charge in [-0.25, -0.2) is 4.79 Å². The summed E-state index contributed by atoms with van der Waals surface area (Å²) >= 11 is 0. The number of ketones is 1. The van der Waals surface area contributed by atoms with Crippen molar-refractivity contribution < 1.29 is 19.1 Å². The maximum absolute atomic E-state index is 12.0. The summed E-state index contributed by atoms with van der Waals surface area (Å²) < 4.78 is 10.2. The molecule has 0 N–H and O–H groups in total. The maximum atomic E-state index is 12.0. The third-order valence-electron chi connectivity index (χ3n) is 3.32. The molecule has 1 aromatic rings. The molecule has 0 radical (unpaired) electrons. The number of hydrogen-bond donors (Lipinski definition) is 0. The molecule has 4 heteroatoms. The van der Waals surface area contributed by atoms with Crippen molar-refractivity contribution in [3.05, 3.63) is 28.8 Å². The molecule has 0 fully saturated rings. The van der Waals surface area contributed by atoms with Gasteiger partial charge in [-0.3, -0.25) is 4.79 Å². The second kappa shape index (κ2) is 5.43. The zero-order chi connectivity index (χ0) is 14.0. The summed E-state index contributed by atoms with van der Waals surface area (Å²) in [5.74, 6) is 0.445. The Morgan fingerprint density at radius 1 is 1.42 bits per heavy atom. The molecule has 4 nitrogen and oxygen atoms in total. The van der Waals surface area contributed by atoms with Gasteiger partial charge in [-0.2, -0.15) is 0 Å². The van der Waals surface area contributed by atoms with E-state index in [4.69, 9.17) is 4.74 Å². The zero-order valence-electron chi connectivity index (χ0n) is 11.5. The van der Waals surface area contributed by atoms with E-state index >= 15 is 0 Å². The van der Waals surface area contributed by atoms with Crippen LogP contribution in [0.2, 0.25) is 0 Å². The lowest BCUT2D eigenvalue weighted by Crippen LogP contribution is -2.26. The molecular formula is C15H18O4. The Balaban J connectivity index is 2.27. The molecule has 1 heterocycles. The third-order valence-corrected chi connectivity index (χ3v) is 3.32. The summed E-state index contributed by atoms with van der Waals surface area (Å²) in [5, 5.41) is 0. The lowest BCUT2D eigenvalue weighted by molar-refractivity contribution is -0.147. The summed E-state index contributed by atoms with van der Waals surface area (Å²) in [5.41, 5.74) is 2.53. The predicted octanol–water partition coefficient (Wildman–Crippen LogP) is 2.45. The first kappa shape index (κ1) is 13.6. The fourth-order valence-corrected chi connectivity index (χ4v) is 2.32. The number of methoxy groups -OCH3 is 1. The van der Waals surface area contributed by atoms with E-state index in [2.05, 4.69) is 4.74 Å². The fourth-order valence-electron chi connectivity index (χ4n) is 2.32. The molecule has 0 bridgehead atoms. The molecule has 102 valence electrons. The van der Waals surface area contributed by atoms with E-state index in [1.165, 1.54) is 7.11 Å². The van der Waals surface area contributed by atoms with Gasteiger partial charge in [-0.1, -0.05) is 6.92 Å². The monoisotopic (exact) mass is 262 g/mol. The zero-order valence-corrected chi connectivity index (χ0v) is 11.5. The van der Waals surface area contributed by atoms with Gasteiger partial charge >= 0.3 is 5.97 Å². The van der Waals surface area contributed by atoms with Gasteiger partial charge in [0.05, 0.1) is 7.11 Å². The van der Waals surface area contributed by atoms with Gasteiger partial charge in [-0.15, -0.1) is 0 Å². The van der Waals surface area contributed by atoms with Gasteiger partial charge in [0.15, 0.2) is 11.9 Å².